The van der Waals surface area contributed by atoms with Crippen LogP contribution in [0.5, 0.6) is 11.5 Å². The Labute approximate surface area is 195 Å². The van der Waals surface area contributed by atoms with E-state index in [4.69, 9.17) is 4.74 Å². The smallest absolute Gasteiger partial charge is 0.122 e. The van der Waals surface area contributed by atoms with E-state index in [-0.39, 0.29) is 6.04 Å². The van der Waals surface area contributed by atoms with E-state index in [1.54, 1.807) is 0 Å². The molecule has 3 heterocycles. The zero-order valence-corrected chi connectivity index (χ0v) is 19.4. The zero-order chi connectivity index (χ0) is 22.4. The quantitative estimate of drug-likeness (QED) is 0.531. The number of aromatic amines is 1. The first-order valence-corrected chi connectivity index (χ1v) is 12.6. The molecule has 174 valence electrons. The molecule has 1 unspecified atom stereocenters. The summed E-state index contributed by atoms with van der Waals surface area (Å²) in [4.78, 5) is 2.36. The van der Waals surface area contributed by atoms with E-state index in [1.165, 1.54) is 42.5 Å². The lowest BCUT2D eigenvalue weighted by molar-refractivity contribution is 0.114. The highest BCUT2D eigenvalue weighted by atomic mass is 16.5. The number of benzene rings is 2. The van der Waals surface area contributed by atoms with Gasteiger partial charge < -0.3 is 20.1 Å². The molecule has 3 aromatic rings. The van der Waals surface area contributed by atoms with Crippen molar-refractivity contribution in [2.75, 3.05) is 20.1 Å². The SMILES string of the molecule is CN1CCC(Oc2ccc3c(c2)CNC3c2cc3c(CC4CCCC4)[nH]nc3cc2O)CC1. The number of hydrogen-bond donors (Lipinski definition) is 3. The number of nitrogens with zero attached hydrogens (tertiary/aromatic N) is 2. The Morgan fingerprint density at radius 3 is 2.70 bits per heavy atom. The highest BCUT2D eigenvalue weighted by Gasteiger charge is 2.28. The van der Waals surface area contributed by atoms with Crippen LogP contribution < -0.4 is 10.1 Å². The van der Waals surface area contributed by atoms with Crippen LogP contribution in [-0.4, -0.2) is 46.4 Å². The summed E-state index contributed by atoms with van der Waals surface area (Å²) in [6.45, 7) is 2.97. The average Bonchev–Trinajstić information content (AvgIpc) is 3.56. The monoisotopic (exact) mass is 446 g/mol. The van der Waals surface area contributed by atoms with Crippen molar-refractivity contribution in [2.24, 2.45) is 5.92 Å². The molecule has 0 radical (unpaired) electrons. The minimum absolute atomic E-state index is 0.0176. The zero-order valence-electron chi connectivity index (χ0n) is 19.4. The molecule has 2 aliphatic heterocycles. The molecule has 3 aliphatic rings. The molecule has 1 saturated heterocycles. The van der Waals surface area contributed by atoms with Gasteiger partial charge in [-0.2, -0.15) is 5.10 Å². The molecule has 2 fully saturated rings. The van der Waals surface area contributed by atoms with Gasteiger partial charge in [0.15, 0.2) is 0 Å². The maximum absolute atomic E-state index is 10.9. The van der Waals surface area contributed by atoms with Gasteiger partial charge in [0.2, 0.25) is 0 Å². The number of fused-ring (bicyclic) bond motifs is 2. The lowest BCUT2D eigenvalue weighted by atomic mass is 9.94. The number of phenolic OH excluding ortho intramolecular Hbond substituents is 1. The first-order valence-electron chi connectivity index (χ1n) is 12.6. The van der Waals surface area contributed by atoms with E-state index < -0.39 is 0 Å². The van der Waals surface area contributed by atoms with Crippen LogP contribution in [0, 0.1) is 5.92 Å². The molecular weight excluding hydrogens is 412 g/mol. The van der Waals surface area contributed by atoms with E-state index in [0.717, 1.165) is 67.0 Å². The first-order chi connectivity index (χ1) is 16.1. The van der Waals surface area contributed by atoms with Gasteiger partial charge in [-0.05, 0) is 61.6 Å². The Morgan fingerprint density at radius 1 is 1.06 bits per heavy atom. The van der Waals surface area contributed by atoms with E-state index in [9.17, 15) is 5.11 Å². The number of hydrogen-bond acceptors (Lipinski definition) is 5. The molecule has 6 rings (SSSR count). The summed E-state index contributed by atoms with van der Waals surface area (Å²) in [5.41, 5.74) is 5.46. The summed E-state index contributed by atoms with van der Waals surface area (Å²) in [5.74, 6) is 2.01. The molecule has 3 N–H and O–H groups in total. The summed E-state index contributed by atoms with van der Waals surface area (Å²) < 4.78 is 6.30. The van der Waals surface area contributed by atoms with Crippen molar-refractivity contribution < 1.29 is 9.84 Å². The lowest BCUT2D eigenvalue weighted by Gasteiger charge is -2.29. The molecular formula is C27H34N4O2. The number of aromatic hydroxyl groups is 1. The minimum Gasteiger partial charge on any atom is -0.508 e. The number of likely N-dealkylation sites (tertiary alicyclic amines) is 1. The number of ether oxygens (including phenoxy) is 1. The van der Waals surface area contributed by atoms with Gasteiger partial charge >= 0.3 is 0 Å². The van der Waals surface area contributed by atoms with Crippen LogP contribution >= 0.6 is 0 Å². The number of phenols is 1. The van der Waals surface area contributed by atoms with E-state index in [0.29, 0.717) is 11.9 Å². The van der Waals surface area contributed by atoms with Crippen molar-refractivity contribution in [1.82, 2.24) is 20.4 Å². The molecule has 6 heteroatoms. The predicted octanol–water partition coefficient (Wildman–Crippen LogP) is 4.67. The van der Waals surface area contributed by atoms with Crippen molar-refractivity contribution in [3.63, 3.8) is 0 Å². The van der Waals surface area contributed by atoms with Gasteiger partial charge in [0.1, 0.15) is 17.6 Å². The highest BCUT2D eigenvalue weighted by Crippen LogP contribution is 2.40. The normalized spacial score (nSPS) is 22.3. The van der Waals surface area contributed by atoms with E-state index >= 15 is 0 Å². The molecule has 1 aliphatic carbocycles. The minimum atomic E-state index is -0.0176. The van der Waals surface area contributed by atoms with Crippen molar-refractivity contribution >= 4 is 10.9 Å². The summed E-state index contributed by atoms with van der Waals surface area (Å²) in [6.07, 6.45) is 8.81. The molecule has 2 aromatic carbocycles. The molecule has 33 heavy (non-hydrogen) atoms. The Hall–Kier alpha value is -2.57. The van der Waals surface area contributed by atoms with Crippen molar-refractivity contribution in [2.45, 2.75) is 63.6 Å². The van der Waals surface area contributed by atoms with Crippen LogP contribution in [0.2, 0.25) is 0 Å². The molecule has 1 aromatic heterocycles. The maximum atomic E-state index is 10.9. The van der Waals surface area contributed by atoms with Gasteiger partial charge in [-0.1, -0.05) is 31.7 Å². The van der Waals surface area contributed by atoms with Crippen molar-refractivity contribution in [1.29, 1.82) is 0 Å². The Kier molecular flexibility index (Phi) is 5.51. The number of H-pyrrole nitrogens is 1. The summed E-state index contributed by atoms with van der Waals surface area (Å²) >= 11 is 0. The van der Waals surface area contributed by atoms with Crippen LogP contribution in [0.15, 0.2) is 30.3 Å². The second-order valence-electron chi connectivity index (χ2n) is 10.3. The Morgan fingerprint density at radius 2 is 1.88 bits per heavy atom. The molecule has 6 nitrogen and oxygen atoms in total. The summed E-state index contributed by atoms with van der Waals surface area (Å²) in [5, 5.41) is 23.3. The standard InChI is InChI=1S/C27H34N4O2/c1-31-10-8-19(9-11-31)33-20-6-7-21-18(13-20)16-28-27(21)23-14-22-24(12-17-4-2-3-5-17)29-30-25(22)15-26(23)32/h6-7,13-15,17,19,27-28,32H,2-5,8-12,16H2,1H3,(H,29,30). The van der Waals surface area contributed by atoms with Gasteiger partial charge in [0.25, 0.3) is 0 Å². The third-order valence-corrected chi connectivity index (χ3v) is 7.95. The number of rotatable bonds is 5. The number of nitrogens with one attached hydrogen (secondary N) is 2. The van der Waals surface area contributed by atoms with Crippen LogP contribution in [0.4, 0.5) is 0 Å². The van der Waals surface area contributed by atoms with Crippen LogP contribution in [0.25, 0.3) is 10.9 Å². The van der Waals surface area contributed by atoms with E-state index in [1.807, 2.05) is 6.07 Å². The summed E-state index contributed by atoms with van der Waals surface area (Å²) in [7, 11) is 2.17. The number of piperidine rings is 1. The fraction of sp³-hybridized carbons (Fsp3) is 0.519. The van der Waals surface area contributed by atoms with Gasteiger partial charge in [0.05, 0.1) is 11.6 Å². The van der Waals surface area contributed by atoms with Gasteiger partial charge in [-0.25, -0.2) is 0 Å². The molecule has 1 saturated carbocycles. The average molecular weight is 447 g/mol. The van der Waals surface area contributed by atoms with E-state index in [2.05, 4.69) is 51.7 Å². The highest BCUT2D eigenvalue weighted by molar-refractivity contribution is 5.84. The van der Waals surface area contributed by atoms with Gasteiger partial charge in [-0.15, -0.1) is 0 Å². The summed E-state index contributed by atoms with van der Waals surface area (Å²) in [6, 6.07) is 10.4. The fourth-order valence-electron chi connectivity index (χ4n) is 5.99. The third-order valence-electron chi connectivity index (χ3n) is 7.95. The second-order valence-corrected chi connectivity index (χ2v) is 10.3. The third kappa shape index (κ3) is 4.11. The molecule has 0 spiro atoms. The fourth-order valence-corrected chi connectivity index (χ4v) is 5.99. The lowest BCUT2D eigenvalue weighted by Crippen LogP contribution is -2.35. The van der Waals surface area contributed by atoms with Crippen LogP contribution in [0.1, 0.15) is 67.0 Å². The molecule has 1 atom stereocenters. The van der Waals surface area contributed by atoms with Gasteiger partial charge in [0, 0.05) is 42.3 Å². The second kappa shape index (κ2) is 8.65. The van der Waals surface area contributed by atoms with Gasteiger partial charge in [-0.3, -0.25) is 5.10 Å². The number of aromatic nitrogens is 2. The van der Waals surface area contributed by atoms with Crippen molar-refractivity contribution in [3.05, 3.63) is 52.7 Å². The van der Waals surface area contributed by atoms with Crippen LogP contribution in [-0.2, 0) is 13.0 Å². The Bertz CT molecular complexity index is 1140. The molecule has 0 bridgehead atoms. The maximum Gasteiger partial charge on any atom is 0.122 e. The van der Waals surface area contributed by atoms with Crippen LogP contribution in [0.3, 0.4) is 0 Å². The topological polar surface area (TPSA) is 73.4 Å². The largest absolute Gasteiger partial charge is 0.508 e. The predicted molar refractivity (Wildman–Crippen MR) is 130 cm³/mol. The molecule has 0 amide bonds. The van der Waals surface area contributed by atoms with Crippen molar-refractivity contribution in [3.8, 4) is 11.5 Å². The first kappa shape index (κ1) is 21.0. The Balaban J connectivity index is 1.25.